The standard InChI is InChI=1S/C50H66O17/c1-26(23-61-44(56)28-7-12-32(59-5)13-8-28)50(58)39(22-36-34-16-11-30-21-31(52)17-19-48(30,3)35(34)18-20-49(36,50)4)65-47-43(64-27(2)51)41(38(54)25-63-47)67-46-42(40(55)37(53)24-62-46)66-45(57)29-9-14-33(60-6)15-10-29/h7-15,26,31,34-43,46-47,52-55,58H,16-25H2,1-6H3/t26-,31+,34?,35?,36?,37-,38+,39+,40+,41+,42-,43-,46+,47-,48+,49+,50-/m1/s1. The molecule has 368 valence electrons. The van der Waals surface area contributed by atoms with Crippen LogP contribution >= 0.6 is 0 Å². The fraction of sp³-hybridized carbons (Fsp3) is 0.660. The first-order valence-corrected chi connectivity index (χ1v) is 23.4. The second-order valence-electron chi connectivity index (χ2n) is 19.8. The maximum Gasteiger partial charge on any atom is 0.338 e. The number of aliphatic hydroxyl groups excluding tert-OH is 4. The van der Waals surface area contributed by atoms with Gasteiger partial charge in [-0.15, -0.1) is 0 Å². The highest BCUT2D eigenvalue weighted by Gasteiger charge is 2.70. The van der Waals surface area contributed by atoms with Gasteiger partial charge in [-0.3, -0.25) is 4.79 Å². The van der Waals surface area contributed by atoms with Crippen LogP contribution in [0, 0.1) is 34.5 Å². The van der Waals surface area contributed by atoms with E-state index in [1.165, 1.54) is 38.8 Å². The molecule has 17 nitrogen and oxygen atoms in total. The van der Waals surface area contributed by atoms with Crippen molar-refractivity contribution < 1.29 is 82.5 Å². The normalized spacial score (nSPS) is 39.6. The molecule has 0 spiro atoms. The third-order valence-electron chi connectivity index (χ3n) is 16.2. The molecule has 2 aromatic carbocycles. The maximum atomic E-state index is 13.6. The maximum absolute atomic E-state index is 13.6. The van der Waals surface area contributed by atoms with Crippen LogP contribution in [0.1, 0.15) is 93.4 Å². The molecule has 3 unspecified atom stereocenters. The van der Waals surface area contributed by atoms with Crippen molar-refractivity contribution in [2.24, 2.45) is 34.5 Å². The molecule has 2 heterocycles. The van der Waals surface area contributed by atoms with Crippen LogP contribution < -0.4 is 9.47 Å². The number of fused-ring (bicyclic) bond motifs is 5. The predicted molar refractivity (Wildman–Crippen MR) is 235 cm³/mol. The highest BCUT2D eigenvalue weighted by molar-refractivity contribution is 5.90. The topological polar surface area (TPSA) is 235 Å². The highest BCUT2D eigenvalue weighted by atomic mass is 16.8. The Bertz CT molecular complexity index is 2110. The second-order valence-corrected chi connectivity index (χ2v) is 19.8. The van der Waals surface area contributed by atoms with Crippen molar-refractivity contribution in [3.8, 4) is 11.5 Å². The van der Waals surface area contributed by atoms with Crippen LogP contribution in [0.5, 0.6) is 11.5 Å². The Morgan fingerprint density at radius 3 is 2.00 bits per heavy atom. The summed E-state index contributed by atoms with van der Waals surface area (Å²) in [7, 11) is 3.01. The molecule has 6 aliphatic rings. The van der Waals surface area contributed by atoms with Gasteiger partial charge >= 0.3 is 17.9 Å². The molecule has 0 amide bonds. The van der Waals surface area contributed by atoms with Crippen molar-refractivity contribution >= 4 is 17.9 Å². The third-order valence-corrected chi connectivity index (χ3v) is 16.2. The lowest BCUT2D eigenvalue weighted by molar-refractivity contribution is -0.345. The van der Waals surface area contributed by atoms with Crippen molar-refractivity contribution in [1.82, 2.24) is 0 Å². The molecule has 0 radical (unpaired) electrons. The van der Waals surface area contributed by atoms with Gasteiger partial charge in [0.25, 0.3) is 0 Å². The van der Waals surface area contributed by atoms with Gasteiger partial charge in [0, 0.05) is 18.3 Å². The fourth-order valence-corrected chi connectivity index (χ4v) is 12.4. The van der Waals surface area contributed by atoms with Crippen LogP contribution in [0.2, 0.25) is 0 Å². The second kappa shape index (κ2) is 19.7. The van der Waals surface area contributed by atoms with Crippen LogP contribution in [0.15, 0.2) is 60.2 Å². The number of rotatable bonds is 13. The van der Waals surface area contributed by atoms with Gasteiger partial charge < -0.3 is 68.2 Å². The molecule has 2 aromatic rings. The first-order chi connectivity index (χ1) is 31.9. The minimum atomic E-state index is -1.68. The zero-order chi connectivity index (χ0) is 48.0. The largest absolute Gasteiger partial charge is 0.497 e. The molecule has 0 aromatic heterocycles. The minimum Gasteiger partial charge on any atom is -0.497 e. The summed E-state index contributed by atoms with van der Waals surface area (Å²) in [5.41, 5.74) is -0.822. The number of aliphatic hydroxyl groups is 5. The van der Waals surface area contributed by atoms with Gasteiger partial charge in [0.15, 0.2) is 24.8 Å². The number of carbonyl (C=O) groups excluding carboxylic acids is 3. The fourth-order valence-electron chi connectivity index (χ4n) is 12.4. The minimum absolute atomic E-state index is 0.0828. The lowest BCUT2D eigenvalue weighted by Crippen LogP contribution is -2.64. The average molecular weight is 939 g/mol. The van der Waals surface area contributed by atoms with E-state index >= 15 is 0 Å². The molecule has 4 aliphatic carbocycles. The van der Waals surface area contributed by atoms with Crippen LogP contribution in [0.3, 0.4) is 0 Å². The molecule has 3 saturated carbocycles. The van der Waals surface area contributed by atoms with E-state index in [4.69, 9.17) is 42.6 Å². The Morgan fingerprint density at radius 1 is 0.761 bits per heavy atom. The van der Waals surface area contributed by atoms with E-state index in [1.54, 1.807) is 36.4 Å². The number of ether oxygens (including phenoxy) is 9. The Labute approximate surface area is 390 Å². The van der Waals surface area contributed by atoms with E-state index in [2.05, 4.69) is 19.9 Å². The number of allylic oxidation sites excluding steroid dienone is 1. The number of methoxy groups -OCH3 is 2. The van der Waals surface area contributed by atoms with Gasteiger partial charge in [0.05, 0.1) is 57.4 Å². The number of benzene rings is 2. The SMILES string of the molecule is COc1ccc(C(=O)OC[C@@H](C)[C@@]2(O)[C@@H](O[C@H]3OC[C@H](O)[C@H](O[C@@H]4OC[C@@H](O)[C@H](O)[C@H]4OC(=O)c4ccc(OC)cc4)[C@H]3OC(C)=O)CC3C4CC=C5C[C@@H](O)CC[C@]5(C)C4CC[C@@]32C)cc1. The van der Waals surface area contributed by atoms with E-state index in [9.17, 15) is 39.9 Å². The van der Waals surface area contributed by atoms with Crippen molar-refractivity contribution in [2.45, 2.75) is 140 Å². The molecule has 2 saturated heterocycles. The lowest BCUT2D eigenvalue weighted by Gasteiger charge is -2.59. The molecule has 5 N–H and O–H groups in total. The Morgan fingerprint density at radius 2 is 1.37 bits per heavy atom. The van der Waals surface area contributed by atoms with Gasteiger partial charge in [-0.2, -0.15) is 0 Å². The van der Waals surface area contributed by atoms with Crippen LogP contribution in [-0.4, -0.2) is 144 Å². The van der Waals surface area contributed by atoms with Gasteiger partial charge in [-0.1, -0.05) is 32.4 Å². The average Bonchev–Trinajstić information content (AvgIpc) is 3.55. The quantitative estimate of drug-likeness (QED) is 0.109. The third kappa shape index (κ3) is 9.23. The van der Waals surface area contributed by atoms with E-state index in [0.717, 1.165) is 19.3 Å². The zero-order valence-electron chi connectivity index (χ0n) is 39.0. The molecule has 5 fully saturated rings. The summed E-state index contributed by atoms with van der Waals surface area (Å²) in [5.74, 6) is -1.49. The van der Waals surface area contributed by atoms with Crippen molar-refractivity contribution in [1.29, 1.82) is 0 Å². The number of carbonyl (C=O) groups is 3. The van der Waals surface area contributed by atoms with Crippen molar-refractivity contribution in [3.63, 3.8) is 0 Å². The monoisotopic (exact) mass is 938 g/mol. The summed E-state index contributed by atoms with van der Waals surface area (Å²) in [5, 5.41) is 57.4. The first kappa shape index (κ1) is 49.3. The molecule has 17 atom stereocenters. The van der Waals surface area contributed by atoms with Crippen LogP contribution in [0.25, 0.3) is 0 Å². The summed E-state index contributed by atoms with van der Waals surface area (Å²) in [6.07, 6.45) is -6.43. The van der Waals surface area contributed by atoms with Crippen molar-refractivity contribution in [2.75, 3.05) is 34.0 Å². The Kier molecular flexibility index (Phi) is 14.5. The van der Waals surface area contributed by atoms with Crippen LogP contribution in [-0.2, 0) is 38.0 Å². The molecular formula is C50H66O17. The smallest absolute Gasteiger partial charge is 0.338 e. The van der Waals surface area contributed by atoms with E-state index in [-0.39, 0.29) is 48.0 Å². The summed E-state index contributed by atoms with van der Waals surface area (Å²) in [6.45, 7) is 6.42. The first-order valence-electron chi connectivity index (χ1n) is 23.4. The predicted octanol–water partition coefficient (Wildman–Crippen LogP) is 3.88. The Hall–Kier alpha value is -4.17. The molecular weight excluding hydrogens is 873 g/mol. The number of esters is 3. The number of hydrogen-bond acceptors (Lipinski definition) is 17. The van der Waals surface area contributed by atoms with Gasteiger partial charge in [0.1, 0.15) is 41.5 Å². The summed E-state index contributed by atoms with van der Waals surface area (Å²) in [4.78, 5) is 39.7. The zero-order valence-corrected chi connectivity index (χ0v) is 39.0. The molecule has 17 heteroatoms. The van der Waals surface area contributed by atoms with Gasteiger partial charge in [0.2, 0.25) is 0 Å². The molecule has 67 heavy (non-hydrogen) atoms. The van der Waals surface area contributed by atoms with Gasteiger partial charge in [-0.25, -0.2) is 9.59 Å². The summed E-state index contributed by atoms with van der Waals surface area (Å²) < 4.78 is 53.0. The lowest BCUT2D eigenvalue weighted by atomic mass is 9.46. The van der Waals surface area contributed by atoms with Gasteiger partial charge in [-0.05, 0) is 117 Å². The number of hydrogen-bond donors (Lipinski definition) is 5. The Balaban J connectivity index is 1.08. The van der Waals surface area contributed by atoms with E-state index in [1.807, 2.05) is 6.92 Å². The van der Waals surface area contributed by atoms with E-state index in [0.29, 0.717) is 42.7 Å². The van der Waals surface area contributed by atoms with E-state index < -0.39 is 96.8 Å². The van der Waals surface area contributed by atoms with Crippen molar-refractivity contribution in [3.05, 3.63) is 71.3 Å². The summed E-state index contributed by atoms with van der Waals surface area (Å²) in [6, 6.07) is 12.6. The van der Waals surface area contributed by atoms with Crippen LogP contribution in [0.4, 0.5) is 0 Å². The summed E-state index contributed by atoms with van der Waals surface area (Å²) >= 11 is 0. The molecule has 0 bridgehead atoms. The molecule has 2 aliphatic heterocycles. The highest BCUT2D eigenvalue weighted by Crippen LogP contribution is 2.69. The molecule has 8 rings (SSSR count).